The summed E-state index contributed by atoms with van der Waals surface area (Å²) in [6.45, 7) is 0.0475. The summed E-state index contributed by atoms with van der Waals surface area (Å²) in [6, 6.07) is 14.3. The monoisotopic (exact) mass is 371 g/mol. The maximum absolute atomic E-state index is 12.3. The number of aromatic amines is 1. The van der Waals surface area contributed by atoms with Gasteiger partial charge in [0.2, 0.25) is 6.10 Å². The van der Waals surface area contributed by atoms with Crippen molar-refractivity contribution in [1.29, 1.82) is 0 Å². The molecule has 0 saturated carbocycles. The van der Waals surface area contributed by atoms with Crippen molar-refractivity contribution in [3.63, 3.8) is 0 Å². The summed E-state index contributed by atoms with van der Waals surface area (Å²) in [7, 11) is 0. The molecule has 8 heteroatoms. The molecule has 2 aromatic carbocycles. The predicted octanol–water partition coefficient (Wildman–Crippen LogP) is 2.42. The lowest BCUT2D eigenvalue weighted by molar-refractivity contribution is -0.131. The van der Waals surface area contributed by atoms with Gasteiger partial charge in [-0.1, -0.05) is 41.9 Å². The number of aromatic nitrogens is 1. The van der Waals surface area contributed by atoms with Gasteiger partial charge in [-0.15, -0.1) is 0 Å². The highest BCUT2D eigenvalue weighted by Gasteiger charge is 2.28. The van der Waals surface area contributed by atoms with Crippen molar-refractivity contribution in [3.8, 4) is 11.5 Å². The van der Waals surface area contributed by atoms with Gasteiger partial charge in [-0.05, 0) is 18.2 Å². The van der Waals surface area contributed by atoms with Gasteiger partial charge in [0.15, 0.2) is 11.5 Å². The van der Waals surface area contributed by atoms with E-state index in [4.69, 9.17) is 21.1 Å². The second kappa shape index (κ2) is 6.61. The molecular formula is C18H14ClN3O4. The Balaban J connectivity index is 1.41. The molecule has 1 aromatic heterocycles. The van der Waals surface area contributed by atoms with Crippen LogP contribution in [0.4, 0.5) is 0 Å². The number of hydrogen-bond donors (Lipinski definition) is 3. The SMILES string of the molecule is O=C(NNC(=O)C1COc2ccccc2O1)c1[nH]c2ccccc2c1Cl. The second-order valence-corrected chi connectivity index (χ2v) is 6.05. The first-order chi connectivity index (χ1) is 12.6. The molecule has 132 valence electrons. The summed E-state index contributed by atoms with van der Waals surface area (Å²) in [6.07, 6.45) is -0.872. The van der Waals surface area contributed by atoms with Gasteiger partial charge >= 0.3 is 0 Å². The molecule has 4 rings (SSSR count). The maximum Gasteiger partial charge on any atom is 0.287 e. The Kier molecular flexibility index (Phi) is 4.14. The van der Waals surface area contributed by atoms with Gasteiger partial charge in [0.1, 0.15) is 12.3 Å². The standard InChI is InChI=1S/C18H14ClN3O4/c19-15-10-5-1-2-6-11(10)20-16(15)18(24)22-21-17(23)14-9-25-12-7-3-4-8-13(12)26-14/h1-8,14,20H,9H2,(H,21,23)(H,22,24). The van der Waals surface area contributed by atoms with Crippen molar-refractivity contribution < 1.29 is 19.1 Å². The summed E-state index contributed by atoms with van der Waals surface area (Å²) in [5.41, 5.74) is 5.56. The normalized spacial score (nSPS) is 15.5. The van der Waals surface area contributed by atoms with E-state index in [0.717, 1.165) is 10.9 Å². The zero-order chi connectivity index (χ0) is 18.1. The molecule has 0 saturated heterocycles. The van der Waals surface area contributed by atoms with Crippen LogP contribution in [0.15, 0.2) is 48.5 Å². The minimum absolute atomic E-state index is 0.0475. The minimum atomic E-state index is -0.872. The average Bonchev–Trinajstić information content (AvgIpc) is 3.02. The molecule has 3 N–H and O–H groups in total. The van der Waals surface area contributed by atoms with Crippen LogP contribution in [-0.2, 0) is 4.79 Å². The van der Waals surface area contributed by atoms with Gasteiger partial charge in [0.05, 0.1) is 5.02 Å². The molecule has 0 bridgehead atoms. The van der Waals surface area contributed by atoms with Gasteiger partial charge in [-0.25, -0.2) is 0 Å². The van der Waals surface area contributed by atoms with Gasteiger partial charge in [-0.2, -0.15) is 0 Å². The number of rotatable bonds is 2. The van der Waals surface area contributed by atoms with E-state index in [0.29, 0.717) is 16.5 Å². The summed E-state index contributed by atoms with van der Waals surface area (Å²) in [5.74, 6) is -0.0360. The molecule has 7 nitrogen and oxygen atoms in total. The zero-order valence-electron chi connectivity index (χ0n) is 13.4. The number of ether oxygens (including phenoxy) is 2. The first-order valence-electron chi connectivity index (χ1n) is 7.88. The molecule has 1 atom stereocenters. The minimum Gasteiger partial charge on any atom is -0.485 e. The first-order valence-corrected chi connectivity index (χ1v) is 8.26. The number of fused-ring (bicyclic) bond motifs is 2. The molecule has 26 heavy (non-hydrogen) atoms. The van der Waals surface area contributed by atoms with Gasteiger partial charge in [-0.3, -0.25) is 20.4 Å². The van der Waals surface area contributed by atoms with Crippen LogP contribution < -0.4 is 20.3 Å². The van der Waals surface area contributed by atoms with E-state index < -0.39 is 17.9 Å². The number of H-pyrrole nitrogens is 1. The van der Waals surface area contributed by atoms with E-state index in [9.17, 15) is 9.59 Å². The molecule has 0 aliphatic carbocycles. The lowest BCUT2D eigenvalue weighted by Crippen LogP contribution is -2.50. The van der Waals surface area contributed by atoms with Crippen molar-refractivity contribution in [2.24, 2.45) is 0 Å². The lowest BCUT2D eigenvalue weighted by atomic mass is 10.2. The van der Waals surface area contributed by atoms with E-state index in [1.165, 1.54) is 0 Å². The molecule has 0 fully saturated rings. The largest absolute Gasteiger partial charge is 0.485 e. The molecule has 1 unspecified atom stereocenters. The van der Waals surface area contributed by atoms with E-state index in [1.54, 1.807) is 30.3 Å². The third-order valence-corrected chi connectivity index (χ3v) is 4.36. The quantitative estimate of drug-likeness (QED) is 0.603. The molecule has 3 aromatic rings. The number of halogens is 1. The number of benzene rings is 2. The van der Waals surface area contributed by atoms with Gasteiger partial charge in [0, 0.05) is 10.9 Å². The van der Waals surface area contributed by atoms with Crippen LogP contribution in [0, 0.1) is 0 Å². The van der Waals surface area contributed by atoms with Crippen LogP contribution >= 0.6 is 11.6 Å². The third-order valence-electron chi connectivity index (χ3n) is 3.97. The third kappa shape index (κ3) is 2.93. The fourth-order valence-corrected chi connectivity index (χ4v) is 2.97. The number of carbonyl (C=O) groups is 2. The molecule has 2 heterocycles. The number of amides is 2. The van der Waals surface area contributed by atoms with Crippen LogP contribution in [-0.4, -0.2) is 29.5 Å². The highest BCUT2D eigenvalue weighted by atomic mass is 35.5. The summed E-state index contributed by atoms with van der Waals surface area (Å²) in [5, 5.41) is 1.02. The molecule has 0 spiro atoms. The first kappa shape index (κ1) is 16.3. The smallest absolute Gasteiger partial charge is 0.287 e. The Morgan fingerprint density at radius 2 is 1.77 bits per heavy atom. The summed E-state index contributed by atoms with van der Waals surface area (Å²) >= 11 is 6.22. The number of hydrazine groups is 1. The van der Waals surface area contributed by atoms with E-state index in [2.05, 4.69) is 15.8 Å². The van der Waals surface area contributed by atoms with E-state index >= 15 is 0 Å². The fraction of sp³-hybridized carbons (Fsp3) is 0.111. The Morgan fingerprint density at radius 3 is 2.58 bits per heavy atom. The number of para-hydroxylation sites is 3. The summed E-state index contributed by atoms with van der Waals surface area (Å²) in [4.78, 5) is 27.5. The Morgan fingerprint density at radius 1 is 1.04 bits per heavy atom. The van der Waals surface area contributed by atoms with Crippen LogP contribution in [0.3, 0.4) is 0 Å². The van der Waals surface area contributed by atoms with Gasteiger partial charge < -0.3 is 14.5 Å². The summed E-state index contributed by atoms with van der Waals surface area (Å²) < 4.78 is 11.1. The van der Waals surface area contributed by atoms with Crippen molar-refractivity contribution in [3.05, 3.63) is 59.2 Å². The maximum atomic E-state index is 12.3. The molecule has 0 radical (unpaired) electrons. The molecule has 2 amide bonds. The molecular weight excluding hydrogens is 358 g/mol. The predicted molar refractivity (Wildman–Crippen MR) is 95.3 cm³/mol. The van der Waals surface area contributed by atoms with Crippen molar-refractivity contribution in [1.82, 2.24) is 15.8 Å². The number of hydrogen-bond acceptors (Lipinski definition) is 4. The van der Waals surface area contributed by atoms with Crippen LogP contribution in [0.1, 0.15) is 10.5 Å². The topological polar surface area (TPSA) is 92.5 Å². The van der Waals surface area contributed by atoms with Crippen LogP contribution in [0.25, 0.3) is 10.9 Å². The fourth-order valence-electron chi connectivity index (χ4n) is 2.67. The molecule has 1 aliphatic heterocycles. The zero-order valence-corrected chi connectivity index (χ0v) is 14.2. The second-order valence-electron chi connectivity index (χ2n) is 5.67. The van der Waals surface area contributed by atoms with Crippen molar-refractivity contribution >= 4 is 34.3 Å². The van der Waals surface area contributed by atoms with Crippen LogP contribution in [0.2, 0.25) is 5.02 Å². The Hall–Kier alpha value is -3.19. The van der Waals surface area contributed by atoms with Crippen molar-refractivity contribution in [2.45, 2.75) is 6.10 Å². The highest BCUT2D eigenvalue weighted by Crippen LogP contribution is 2.31. The Labute approximate surface area is 153 Å². The van der Waals surface area contributed by atoms with E-state index in [-0.39, 0.29) is 12.3 Å². The van der Waals surface area contributed by atoms with Gasteiger partial charge in [0.25, 0.3) is 11.8 Å². The molecule has 1 aliphatic rings. The van der Waals surface area contributed by atoms with Crippen molar-refractivity contribution in [2.75, 3.05) is 6.61 Å². The highest BCUT2D eigenvalue weighted by molar-refractivity contribution is 6.38. The average molecular weight is 372 g/mol. The number of nitrogens with one attached hydrogen (secondary N) is 3. The lowest BCUT2D eigenvalue weighted by Gasteiger charge is -2.25. The Bertz CT molecular complexity index is 1000. The number of carbonyl (C=O) groups excluding carboxylic acids is 2. The van der Waals surface area contributed by atoms with E-state index in [1.807, 2.05) is 18.2 Å². The van der Waals surface area contributed by atoms with Crippen LogP contribution in [0.5, 0.6) is 11.5 Å².